The Kier molecular flexibility index (Phi) is 5.53. The van der Waals surface area contributed by atoms with E-state index in [1.54, 1.807) is 6.07 Å². The summed E-state index contributed by atoms with van der Waals surface area (Å²) in [6.07, 6.45) is 0. The highest BCUT2D eigenvalue weighted by Gasteiger charge is 2.17. The second-order valence-electron chi connectivity index (χ2n) is 5.97. The van der Waals surface area contributed by atoms with Crippen molar-refractivity contribution in [3.05, 3.63) is 57.9 Å². The van der Waals surface area contributed by atoms with Gasteiger partial charge in [-0.2, -0.15) is 4.99 Å². The number of benzene rings is 2. The van der Waals surface area contributed by atoms with Crippen molar-refractivity contribution < 1.29 is 13.2 Å². The van der Waals surface area contributed by atoms with Crippen LogP contribution in [0.15, 0.2) is 52.4 Å². The second-order valence-corrected chi connectivity index (χ2v) is 9.57. The maximum atomic E-state index is 12.6. The van der Waals surface area contributed by atoms with Crippen molar-refractivity contribution in [2.75, 3.05) is 14.1 Å². The summed E-state index contributed by atoms with van der Waals surface area (Å²) >= 11 is 7.43. The Morgan fingerprint density at radius 1 is 1.19 bits per heavy atom. The number of amides is 1. The van der Waals surface area contributed by atoms with Crippen LogP contribution < -0.4 is 4.80 Å². The smallest absolute Gasteiger partial charge is 0.279 e. The summed E-state index contributed by atoms with van der Waals surface area (Å²) in [7, 11) is -0.615. The van der Waals surface area contributed by atoms with Gasteiger partial charge < -0.3 is 4.57 Å². The average molecular weight is 424 g/mol. The zero-order valence-corrected chi connectivity index (χ0v) is 17.4. The number of rotatable bonds is 4. The Labute approximate surface area is 166 Å². The van der Waals surface area contributed by atoms with Gasteiger partial charge in [0.15, 0.2) is 4.80 Å². The van der Waals surface area contributed by atoms with Crippen LogP contribution >= 0.6 is 22.9 Å². The van der Waals surface area contributed by atoms with Crippen LogP contribution in [0.25, 0.3) is 10.2 Å². The molecule has 0 saturated carbocycles. The minimum absolute atomic E-state index is 0.129. The molecule has 9 heteroatoms. The summed E-state index contributed by atoms with van der Waals surface area (Å²) < 4.78 is 28.3. The fourth-order valence-corrected chi connectivity index (χ4v) is 4.84. The first-order valence-corrected chi connectivity index (χ1v) is 10.8. The maximum Gasteiger partial charge on any atom is 0.279 e. The molecule has 1 aromatic heterocycles. The maximum absolute atomic E-state index is 12.6. The minimum atomic E-state index is -3.53. The van der Waals surface area contributed by atoms with E-state index in [9.17, 15) is 13.2 Å². The fourth-order valence-electron chi connectivity index (χ4n) is 2.57. The van der Waals surface area contributed by atoms with Gasteiger partial charge in [0.05, 0.1) is 15.1 Å². The van der Waals surface area contributed by atoms with E-state index in [2.05, 4.69) is 4.99 Å². The number of sulfonamides is 1. The molecule has 0 N–H and O–H groups in total. The Morgan fingerprint density at radius 3 is 2.44 bits per heavy atom. The summed E-state index contributed by atoms with van der Waals surface area (Å²) in [6.45, 7) is 2.64. The summed E-state index contributed by atoms with van der Waals surface area (Å²) in [5.41, 5.74) is 1.29. The highest BCUT2D eigenvalue weighted by Crippen LogP contribution is 2.22. The van der Waals surface area contributed by atoms with Crippen molar-refractivity contribution in [1.29, 1.82) is 0 Å². The molecule has 0 aliphatic carbocycles. The number of hydrogen-bond acceptors (Lipinski definition) is 4. The molecule has 1 heterocycles. The van der Waals surface area contributed by atoms with Crippen molar-refractivity contribution in [3.63, 3.8) is 0 Å². The Morgan fingerprint density at radius 2 is 1.85 bits per heavy atom. The van der Waals surface area contributed by atoms with Gasteiger partial charge >= 0.3 is 0 Å². The Bertz CT molecular complexity index is 1180. The van der Waals surface area contributed by atoms with Gasteiger partial charge in [-0.3, -0.25) is 4.79 Å². The molecule has 0 bridgehead atoms. The third-order valence-corrected chi connectivity index (χ3v) is 7.14. The first kappa shape index (κ1) is 19.8. The fraction of sp³-hybridized carbons (Fsp3) is 0.222. The lowest BCUT2D eigenvalue weighted by molar-refractivity contribution is 0.0997. The van der Waals surface area contributed by atoms with Crippen LogP contribution in [0.5, 0.6) is 0 Å². The number of hydrogen-bond donors (Lipinski definition) is 0. The van der Waals surface area contributed by atoms with Gasteiger partial charge in [0.1, 0.15) is 0 Å². The monoisotopic (exact) mass is 423 g/mol. The van der Waals surface area contributed by atoms with Crippen LogP contribution in [0.3, 0.4) is 0 Å². The average Bonchev–Trinajstić information content (AvgIpc) is 2.97. The lowest BCUT2D eigenvalue weighted by atomic mass is 10.2. The number of thiazole rings is 1. The van der Waals surface area contributed by atoms with Gasteiger partial charge in [0, 0.05) is 31.2 Å². The molecule has 3 rings (SSSR count). The second kappa shape index (κ2) is 7.55. The highest BCUT2D eigenvalue weighted by atomic mass is 35.5. The van der Waals surface area contributed by atoms with Gasteiger partial charge in [0.2, 0.25) is 10.0 Å². The number of carbonyl (C=O) groups is 1. The first-order chi connectivity index (χ1) is 12.7. The number of nitrogens with zero attached hydrogens (tertiary/aromatic N) is 3. The van der Waals surface area contributed by atoms with E-state index >= 15 is 0 Å². The molecule has 1 amide bonds. The molecule has 0 atom stereocenters. The molecule has 0 radical (unpaired) electrons. The molecular weight excluding hydrogens is 406 g/mol. The van der Waals surface area contributed by atoms with Crippen LogP contribution in [0.2, 0.25) is 5.02 Å². The van der Waals surface area contributed by atoms with Gasteiger partial charge in [-0.1, -0.05) is 22.9 Å². The molecule has 0 spiro atoms. The van der Waals surface area contributed by atoms with Crippen molar-refractivity contribution in [1.82, 2.24) is 8.87 Å². The van der Waals surface area contributed by atoms with Crippen molar-refractivity contribution in [3.8, 4) is 0 Å². The molecule has 142 valence electrons. The predicted octanol–water partition coefficient (Wildman–Crippen LogP) is 3.37. The van der Waals surface area contributed by atoms with E-state index in [1.807, 2.05) is 23.6 Å². The molecule has 0 aliphatic rings. The van der Waals surface area contributed by atoms with Crippen molar-refractivity contribution in [2.45, 2.75) is 18.4 Å². The van der Waals surface area contributed by atoms with Crippen LogP contribution in [0.4, 0.5) is 0 Å². The van der Waals surface area contributed by atoms with E-state index in [0.29, 0.717) is 21.9 Å². The summed E-state index contributed by atoms with van der Waals surface area (Å²) in [5.74, 6) is -0.427. The van der Waals surface area contributed by atoms with Crippen molar-refractivity contribution >= 4 is 49.1 Å². The molecule has 3 aromatic rings. The van der Waals surface area contributed by atoms with Gasteiger partial charge in [-0.25, -0.2) is 12.7 Å². The van der Waals surface area contributed by atoms with Gasteiger partial charge in [0.25, 0.3) is 5.91 Å². The largest absolute Gasteiger partial charge is 0.317 e. The van der Waals surface area contributed by atoms with Crippen LogP contribution in [-0.2, 0) is 16.6 Å². The lowest BCUT2D eigenvalue weighted by Crippen LogP contribution is -2.22. The third-order valence-electron chi connectivity index (χ3n) is 4.04. The molecular formula is C18H18ClN3O3S2. The molecule has 6 nitrogen and oxygen atoms in total. The summed E-state index contributed by atoms with van der Waals surface area (Å²) in [4.78, 5) is 17.5. The first-order valence-electron chi connectivity index (χ1n) is 8.14. The molecule has 0 saturated heterocycles. The molecule has 0 aliphatic heterocycles. The number of halogens is 1. The van der Waals surface area contributed by atoms with E-state index in [0.717, 1.165) is 14.5 Å². The SMILES string of the molecule is CCn1c(=NC(=O)c2ccc(S(=O)(=O)N(C)C)cc2)sc2cc(Cl)ccc21. The van der Waals surface area contributed by atoms with E-state index in [-0.39, 0.29) is 4.90 Å². The number of fused-ring (bicyclic) bond motifs is 1. The van der Waals surface area contributed by atoms with Crippen LogP contribution in [-0.4, -0.2) is 37.3 Å². The molecule has 0 fully saturated rings. The van der Waals surface area contributed by atoms with Crippen molar-refractivity contribution in [2.24, 2.45) is 4.99 Å². The lowest BCUT2D eigenvalue weighted by Gasteiger charge is -2.11. The topological polar surface area (TPSA) is 71.7 Å². The molecule has 2 aromatic carbocycles. The van der Waals surface area contributed by atoms with Crippen LogP contribution in [0.1, 0.15) is 17.3 Å². The quantitative estimate of drug-likeness (QED) is 0.645. The van der Waals surface area contributed by atoms with E-state index in [1.165, 1.54) is 49.7 Å². The Balaban J connectivity index is 2.01. The molecule has 0 unspecified atom stereocenters. The zero-order valence-electron chi connectivity index (χ0n) is 15.0. The summed E-state index contributed by atoms with van der Waals surface area (Å²) in [5, 5.41) is 0.627. The molecule has 27 heavy (non-hydrogen) atoms. The number of aromatic nitrogens is 1. The summed E-state index contributed by atoms with van der Waals surface area (Å²) in [6, 6.07) is 11.3. The predicted molar refractivity (Wildman–Crippen MR) is 108 cm³/mol. The van der Waals surface area contributed by atoms with Gasteiger partial charge in [-0.05, 0) is 49.4 Å². The number of carbonyl (C=O) groups excluding carboxylic acids is 1. The minimum Gasteiger partial charge on any atom is -0.317 e. The Hall–Kier alpha value is -2.00. The number of aryl methyl sites for hydroxylation is 1. The third kappa shape index (κ3) is 3.84. The van der Waals surface area contributed by atoms with E-state index < -0.39 is 15.9 Å². The highest BCUT2D eigenvalue weighted by molar-refractivity contribution is 7.89. The standard InChI is InChI=1S/C18H18ClN3O3S2/c1-4-22-15-10-7-13(19)11-16(15)26-18(22)20-17(23)12-5-8-14(9-6-12)27(24,25)21(2)3/h5-11H,4H2,1-3H3. The van der Waals surface area contributed by atoms with Gasteiger partial charge in [-0.15, -0.1) is 0 Å². The normalized spacial score (nSPS) is 12.9. The van der Waals surface area contributed by atoms with Crippen LogP contribution in [0, 0.1) is 0 Å². The van der Waals surface area contributed by atoms with E-state index in [4.69, 9.17) is 11.6 Å². The zero-order chi connectivity index (χ0) is 19.8.